The first-order valence-electron chi connectivity index (χ1n) is 18.2. The number of nitrogens with zero attached hydrogens (tertiary/aromatic N) is 6. The van der Waals surface area contributed by atoms with Gasteiger partial charge in [0.15, 0.2) is 0 Å². The molecule has 0 saturated carbocycles. The van der Waals surface area contributed by atoms with E-state index in [9.17, 15) is 14.4 Å². The highest BCUT2D eigenvalue weighted by atomic mass is 16.1. The highest BCUT2D eigenvalue weighted by molar-refractivity contribution is 6.08. The standard InChI is InChI=1S/C25H22N4O2.C20H19BN4O/c1-17(27-18(2)30)23-14-21-9-7-8-20(13-12-19-15-26-28(3)16-19)24(21)25(31)29(23)22-10-5-4-6-11-22;1-13(2)23-14(3)18-10-17-7-5-6-16(19(17)20(26)25(18)21)9-8-15-11-22-24(4)12-15/h4-11,14-17H,1-3H3,(H,27,30);5-7,10-12,14,23H,1H2,2-4H3/t17-;14-/m00/s1. The first kappa shape index (κ1) is 39.4. The van der Waals surface area contributed by atoms with Crippen molar-refractivity contribution in [3.63, 3.8) is 0 Å². The molecule has 2 radical (unpaired) electrons. The van der Waals surface area contributed by atoms with Crippen LogP contribution in [0.4, 0.5) is 0 Å². The number of allylic oxidation sites excluding steroid dienone is 1. The van der Waals surface area contributed by atoms with Gasteiger partial charge in [0.05, 0.1) is 46.4 Å². The molecule has 0 saturated heterocycles. The van der Waals surface area contributed by atoms with Crippen LogP contribution in [0.1, 0.15) is 73.4 Å². The number of carbonyl (C=O) groups excluding carboxylic acids is 1. The molecule has 282 valence electrons. The number of carbonyl (C=O) groups is 1. The SMILES string of the molecule is CC(=O)N[C@@H](C)c1cc2cccc(C#Cc3cnn(C)c3)c2c(=O)n1-c1ccccc1.[B]n1c([C@H](C)NC(=C)C)cc2cccc(C#Cc3cnn(C)c3)c2c1=O. The summed E-state index contributed by atoms with van der Waals surface area (Å²) in [5, 5.41) is 16.9. The van der Waals surface area contributed by atoms with Gasteiger partial charge in [-0.05, 0) is 67.9 Å². The lowest BCUT2D eigenvalue weighted by molar-refractivity contribution is -0.119. The minimum Gasteiger partial charge on any atom is -0.381 e. The topological polar surface area (TPSA) is 121 Å². The normalized spacial score (nSPS) is 11.6. The summed E-state index contributed by atoms with van der Waals surface area (Å²) in [7, 11) is 9.74. The third kappa shape index (κ3) is 8.99. The van der Waals surface area contributed by atoms with E-state index < -0.39 is 0 Å². The molecule has 0 fully saturated rings. The van der Waals surface area contributed by atoms with E-state index in [2.05, 4.69) is 51.1 Å². The van der Waals surface area contributed by atoms with Gasteiger partial charge >= 0.3 is 0 Å². The fraction of sp³-hybridized carbons (Fsp3) is 0.178. The molecule has 2 atom stereocenters. The maximum Gasteiger partial charge on any atom is 0.264 e. The van der Waals surface area contributed by atoms with Crippen molar-refractivity contribution in [1.29, 1.82) is 0 Å². The molecule has 4 heterocycles. The van der Waals surface area contributed by atoms with Crippen LogP contribution in [-0.4, -0.2) is 42.5 Å². The van der Waals surface area contributed by atoms with Crippen molar-refractivity contribution in [3.05, 3.63) is 170 Å². The molecule has 4 aromatic heterocycles. The first-order valence-corrected chi connectivity index (χ1v) is 18.2. The van der Waals surface area contributed by atoms with E-state index in [0.717, 1.165) is 33.3 Å². The predicted octanol–water partition coefficient (Wildman–Crippen LogP) is 5.57. The second-order valence-corrected chi connectivity index (χ2v) is 13.7. The highest BCUT2D eigenvalue weighted by Gasteiger charge is 2.18. The van der Waals surface area contributed by atoms with Crippen molar-refractivity contribution in [2.75, 3.05) is 0 Å². The summed E-state index contributed by atoms with van der Waals surface area (Å²) in [6.07, 6.45) is 7.02. The Morgan fingerprint density at radius 1 is 0.702 bits per heavy atom. The van der Waals surface area contributed by atoms with E-state index in [-0.39, 0.29) is 29.1 Å². The Morgan fingerprint density at radius 3 is 1.70 bits per heavy atom. The zero-order chi connectivity index (χ0) is 40.8. The van der Waals surface area contributed by atoms with E-state index in [0.29, 0.717) is 33.3 Å². The van der Waals surface area contributed by atoms with Crippen molar-refractivity contribution in [3.8, 4) is 29.4 Å². The molecule has 0 bridgehead atoms. The summed E-state index contributed by atoms with van der Waals surface area (Å²) in [4.78, 5) is 38.3. The minimum absolute atomic E-state index is 0.139. The van der Waals surface area contributed by atoms with Crippen LogP contribution in [0, 0.1) is 23.7 Å². The minimum atomic E-state index is -0.347. The maximum atomic E-state index is 13.7. The van der Waals surface area contributed by atoms with Gasteiger partial charge < -0.3 is 15.1 Å². The molecule has 0 aliphatic heterocycles. The summed E-state index contributed by atoms with van der Waals surface area (Å²) < 4.78 is 6.20. The second-order valence-electron chi connectivity index (χ2n) is 13.7. The molecule has 0 aliphatic carbocycles. The van der Waals surface area contributed by atoms with Crippen LogP contribution in [0.5, 0.6) is 0 Å². The number of hydrogen-bond acceptors (Lipinski definition) is 6. The van der Waals surface area contributed by atoms with E-state index >= 15 is 0 Å². The van der Waals surface area contributed by atoms with Crippen LogP contribution < -0.4 is 21.8 Å². The Hall–Kier alpha value is -7.31. The van der Waals surface area contributed by atoms with Crippen molar-refractivity contribution in [1.82, 2.24) is 39.2 Å². The largest absolute Gasteiger partial charge is 0.381 e. The van der Waals surface area contributed by atoms with Gasteiger partial charge in [-0.25, -0.2) is 0 Å². The molecular formula is C45H41BN8O3. The lowest BCUT2D eigenvalue weighted by atomic mass is 10.0. The number of benzene rings is 3. The van der Waals surface area contributed by atoms with Crippen molar-refractivity contribution in [2.24, 2.45) is 14.1 Å². The lowest BCUT2D eigenvalue weighted by Crippen LogP contribution is -2.31. The van der Waals surface area contributed by atoms with E-state index in [1.54, 1.807) is 26.3 Å². The molecule has 11 nitrogen and oxygen atoms in total. The van der Waals surface area contributed by atoms with E-state index in [1.165, 1.54) is 11.4 Å². The van der Waals surface area contributed by atoms with Gasteiger partial charge in [0.1, 0.15) is 0 Å². The third-order valence-electron chi connectivity index (χ3n) is 9.06. The van der Waals surface area contributed by atoms with Crippen LogP contribution in [0.3, 0.4) is 0 Å². The predicted molar refractivity (Wildman–Crippen MR) is 226 cm³/mol. The number of nitrogens with one attached hydrogen (secondary N) is 2. The molecule has 7 rings (SSSR count). The van der Waals surface area contributed by atoms with Crippen LogP contribution in [0.25, 0.3) is 27.2 Å². The number of aryl methyl sites for hydroxylation is 2. The summed E-state index contributed by atoms with van der Waals surface area (Å²) in [6, 6.07) is 24.0. The first-order chi connectivity index (χ1) is 27.3. The smallest absolute Gasteiger partial charge is 0.264 e. The van der Waals surface area contributed by atoms with Crippen LogP contribution >= 0.6 is 0 Å². The van der Waals surface area contributed by atoms with Crippen LogP contribution in [-0.2, 0) is 18.9 Å². The lowest BCUT2D eigenvalue weighted by Gasteiger charge is -2.20. The number of aromatic nitrogens is 6. The highest BCUT2D eigenvalue weighted by Crippen LogP contribution is 2.24. The fourth-order valence-electron chi connectivity index (χ4n) is 6.55. The quantitative estimate of drug-likeness (QED) is 0.169. The number of pyridine rings is 2. The fourth-order valence-corrected chi connectivity index (χ4v) is 6.55. The number of hydrogen-bond donors (Lipinski definition) is 2. The zero-order valence-electron chi connectivity index (χ0n) is 32.7. The van der Waals surface area contributed by atoms with Gasteiger partial charge in [-0.1, -0.05) is 72.7 Å². The summed E-state index contributed by atoms with van der Waals surface area (Å²) in [6.45, 7) is 11.0. The molecule has 0 unspecified atom stereocenters. The summed E-state index contributed by atoms with van der Waals surface area (Å²) >= 11 is 0. The van der Waals surface area contributed by atoms with Gasteiger partial charge in [-0.2, -0.15) is 10.2 Å². The molecule has 12 heteroatoms. The molecule has 0 spiro atoms. The number of para-hydroxylation sites is 1. The molecule has 1 amide bonds. The van der Waals surface area contributed by atoms with Gasteiger partial charge in [0.25, 0.3) is 5.56 Å². The third-order valence-corrected chi connectivity index (χ3v) is 9.06. The van der Waals surface area contributed by atoms with Gasteiger partial charge in [0, 0.05) is 67.3 Å². The Morgan fingerprint density at radius 2 is 1.21 bits per heavy atom. The number of rotatable bonds is 6. The van der Waals surface area contributed by atoms with Gasteiger partial charge in [-0.3, -0.25) is 28.3 Å². The Labute approximate surface area is 332 Å². The average Bonchev–Trinajstić information content (AvgIpc) is 3.80. The maximum absolute atomic E-state index is 13.7. The number of amides is 1. The van der Waals surface area contributed by atoms with Crippen LogP contribution in [0.15, 0.2) is 126 Å². The van der Waals surface area contributed by atoms with Crippen molar-refractivity contribution in [2.45, 2.75) is 39.8 Å². The average molecular weight is 753 g/mol. The van der Waals surface area contributed by atoms with Crippen molar-refractivity contribution < 1.29 is 4.79 Å². The Kier molecular flexibility index (Phi) is 11.8. The second kappa shape index (κ2) is 17.0. The molecular weight excluding hydrogens is 711 g/mol. The molecule has 3 aromatic carbocycles. The van der Waals surface area contributed by atoms with Crippen molar-refractivity contribution >= 4 is 35.4 Å². The molecule has 57 heavy (non-hydrogen) atoms. The van der Waals surface area contributed by atoms with E-state index in [1.807, 2.05) is 126 Å². The van der Waals surface area contributed by atoms with E-state index in [4.69, 9.17) is 7.98 Å². The van der Waals surface area contributed by atoms with Crippen LogP contribution in [0.2, 0.25) is 0 Å². The zero-order valence-corrected chi connectivity index (χ0v) is 32.7. The monoisotopic (exact) mass is 752 g/mol. The van der Waals surface area contributed by atoms with Gasteiger partial charge in [-0.15, -0.1) is 0 Å². The number of fused-ring (bicyclic) bond motifs is 2. The summed E-state index contributed by atoms with van der Waals surface area (Å²) in [5.74, 6) is 12.2. The molecule has 7 aromatic rings. The van der Waals surface area contributed by atoms with Gasteiger partial charge in [0.2, 0.25) is 19.4 Å². The Bertz CT molecular complexity index is 2900. The molecule has 0 aliphatic rings. The summed E-state index contributed by atoms with van der Waals surface area (Å²) in [5.41, 5.74) is 5.33. The molecule has 2 N–H and O–H groups in total. The Balaban J connectivity index is 0.000000196.